The third-order valence-electron chi connectivity index (χ3n) is 2.84. The van der Waals surface area contributed by atoms with Gasteiger partial charge in [-0.3, -0.25) is 4.98 Å². The number of aromatic nitrogens is 1. The standard InChI is InChI=1S/C11H15BrFN3/c12-10-7-15-8-11(13)9(10)1-4-16-5-2-14-3-6-16/h7-8,14H,1-6H2. The van der Waals surface area contributed by atoms with Gasteiger partial charge in [0.15, 0.2) is 0 Å². The summed E-state index contributed by atoms with van der Waals surface area (Å²) in [5.41, 5.74) is 0.730. The summed E-state index contributed by atoms with van der Waals surface area (Å²) < 4.78 is 14.2. The molecule has 0 bridgehead atoms. The summed E-state index contributed by atoms with van der Waals surface area (Å²) in [5, 5.41) is 3.30. The molecule has 16 heavy (non-hydrogen) atoms. The molecular formula is C11H15BrFN3. The molecule has 0 aliphatic carbocycles. The summed E-state index contributed by atoms with van der Waals surface area (Å²) in [6.07, 6.45) is 3.66. The van der Waals surface area contributed by atoms with Gasteiger partial charge in [-0.05, 0) is 22.4 Å². The molecule has 0 aromatic carbocycles. The lowest BCUT2D eigenvalue weighted by atomic mass is 10.2. The molecule has 0 atom stereocenters. The van der Waals surface area contributed by atoms with Crippen molar-refractivity contribution in [2.24, 2.45) is 0 Å². The molecule has 2 rings (SSSR count). The van der Waals surface area contributed by atoms with Crippen molar-refractivity contribution in [3.8, 4) is 0 Å². The topological polar surface area (TPSA) is 28.2 Å². The Balaban J connectivity index is 1.93. The van der Waals surface area contributed by atoms with Crippen molar-refractivity contribution in [2.75, 3.05) is 32.7 Å². The summed E-state index contributed by atoms with van der Waals surface area (Å²) >= 11 is 3.34. The molecule has 1 saturated heterocycles. The Morgan fingerprint density at radius 3 is 2.81 bits per heavy atom. The van der Waals surface area contributed by atoms with Crippen LogP contribution in [0.3, 0.4) is 0 Å². The maximum Gasteiger partial charge on any atom is 0.145 e. The molecule has 1 aliphatic heterocycles. The number of rotatable bonds is 3. The van der Waals surface area contributed by atoms with Gasteiger partial charge in [0, 0.05) is 49.0 Å². The summed E-state index contributed by atoms with van der Waals surface area (Å²) in [6.45, 7) is 5.05. The van der Waals surface area contributed by atoms with Crippen LogP contribution in [0.2, 0.25) is 0 Å². The first-order chi connectivity index (χ1) is 7.77. The second kappa shape index (κ2) is 5.70. The van der Waals surface area contributed by atoms with Gasteiger partial charge >= 0.3 is 0 Å². The van der Waals surface area contributed by atoms with Gasteiger partial charge in [-0.2, -0.15) is 0 Å². The fourth-order valence-corrected chi connectivity index (χ4v) is 2.39. The molecule has 0 amide bonds. The molecule has 1 N–H and O–H groups in total. The first-order valence-electron chi connectivity index (χ1n) is 5.48. The highest BCUT2D eigenvalue weighted by Crippen LogP contribution is 2.18. The fraction of sp³-hybridized carbons (Fsp3) is 0.545. The predicted molar refractivity (Wildman–Crippen MR) is 64.9 cm³/mol. The zero-order chi connectivity index (χ0) is 11.4. The van der Waals surface area contributed by atoms with E-state index < -0.39 is 0 Å². The number of hydrogen-bond acceptors (Lipinski definition) is 3. The van der Waals surface area contributed by atoms with Crippen molar-refractivity contribution >= 4 is 15.9 Å². The van der Waals surface area contributed by atoms with Crippen LogP contribution in [0.5, 0.6) is 0 Å². The number of hydrogen-bond donors (Lipinski definition) is 1. The highest BCUT2D eigenvalue weighted by atomic mass is 79.9. The number of nitrogens with zero attached hydrogens (tertiary/aromatic N) is 2. The predicted octanol–water partition coefficient (Wildman–Crippen LogP) is 1.43. The minimum Gasteiger partial charge on any atom is -0.314 e. The quantitative estimate of drug-likeness (QED) is 0.912. The highest BCUT2D eigenvalue weighted by Gasteiger charge is 2.12. The van der Waals surface area contributed by atoms with Gasteiger partial charge in [0.05, 0.1) is 6.20 Å². The van der Waals surface area contributed by atoms with Crippen LogP contribution in [0.25, 0.3) is 0 Å². The third-order valence-corrected chi connectivity index (χ3v) is 3.52. The van der Waals surface area contributed by atoms with E-state index in [-0.39, 0.29) is 5.82 Å². The average molecular weight is 288 g/mol. The third kappa shape index (κ3) is 2.99. The van der Waals surface area contributed by atoms with E-state index in [9.17, 15) is 4.39 Å². The van der Waals surface area contributed by atoms with Gasteiger partial charge in [-0.25, -0.2) is 4.39 Å². The molecule has 0 saturated carbocycles. The molecule has 5 heteroatoms. The van der Waals surface area contributed by atoms with Gasteiger partial charge < -0.3 is 10.2 Å². The number of piperazine rings is 1. The van der Waals surface area contributed by atoms with Gasteiger partial charge in [0.1, 0.15) is 5.82 Å². The largest absolute Gasteiger partial charge is 0.314 e. The number of pyridine rings is 1. The highest BCUT2D eigenvalue weighted by molar-refractivity contribution is 9.10. The molecule has 0 spiro atoms. The molecule has 1 aromatic heterocycles. The summed E-state index contributed by atoms with van der Waals surface area (Å²) in [5.74, 6) is -0.218. The van der Waals surface area contributed by atoms with Crippen molar-refractivity contribution in [3.63, 3.8) is 0 Å². The normalized spacial score (nSPS) is 17.6. The summed E-state index contributed by atoms with van der Waals surface area (Å²) in [4.78, 5) is 6.14. The van der Waals surface area contributed by atoms with Gasteiger partial charge in [0.25, 0.3) is 0 Å². The lowest BCUT2D eigenvalue weighted by molar-refractivity contribution is 0.243. The molecule has 1 fully saturated rings. The molecule has 3 nitrogen and oxygen atoms in total. The SMILES string of the molecule is Fc1cncc(Br)c1CCN1CCNCC1. The summed E-state index contributed by atoms with van der Waals surface area (Å²) in [6, 6.07) is 0. The minimum absolute atomic E-state index is 0.218. The maximum absolute atomic E-state index is 13.5. The first kappa shape index (κ1) is 12.0. The summed E-state index contributed by atoms with van der Waals surface area (Å²) in [7, 11) is 0. The average Bonchev–Trinajstić information content (AvgIpc) is 2.30. The van der Waals surface area contributed by atoms with Gasteiger partial charge in [-0.15, -0.1) is 0 Å². The molecule has 0 radical (unpaired) electrons. The van der Waals surface area contributed by atoms with Crippen LogP contribution in [0.15, 0.2) is 16.9 Å². The Morgan fingerprint density at radius 1 is 1.38 bits per heavy atom. The lowest BCUT2D eigenvalue weighted by Crippen LogP contribution is -2.44. The Kier molecular flexibility index (Phi) is 4.26. The molecule has 88 valence electrons. The Labute approximate surface area is 103 Å². The van der Waals surface area contributed by atoms with Crippen LogP contribution in [0.1, 0.15) is 5.56 Å². The van der Waals surface area contributed by atoms with Crippen LogP contribution in [0.4, 0.5) is 4.39 Å². The van der Waals surface area contributed by atoms with E-state index in [0.29, 0.717) is 0 Å². The van der Waals surface area contributed by atoms with Crippen molar-refractivity contribution < 1.29 is 4.39 Å². The van der Waals surface area contributed by atoms with E-state index in [1.807, 2.05) is 0 Å². The second-order valence-corrected chi connectivity index (χ2v) is 4.78. The lowest BCUT2D eigenvalue weighted by Gasteiger charge is -2.27. The van der Waals surface area contributed by atoms with Crippen LogP contribution in [-0.2, 0) is 6.42 Å². The zero-order valence-electron chi connectivity index (χ0n) is 9.05. The van der Waals surface area contributed by atoms with Crippen molar-refractivity contribution in [1.29, 1.82) is 0 Å². The van der Waals surface area contributed by atoms with E-state index in [1.165, 1.54) is 6.20 Å². The number of halogens is 2. The Morgan fingerprint density at radius 2 is 2.12 bits per heavy atom. The van der Waals surface area contributed by atoms with Crippen molar-refractivity contribution in [3.05, 3.63) is 28.2 Å². The molecule has 1 aromatic rings. The van der Waals surface area contributed by atoms with E-state index in [1.54, 1.807) is 6.20 Å². The van der Waals surface area contributed by atoms with Crippen LogP contribution >= 0.6 is 15.9 Å². The van der Waals surface area contributed by atoms with Gasteiger partial charge in [0.2, 0.25) is 0 Å². The smallest absolute Gasteiger partial charge is 0.145 e. The van der Waals surface area contributed by atoms with Crippen LogP contribution < -0.4 is 5.32 Å². The molecule has 1 aliphatic rings. The van der Waals surface area contributed by atoms with Crippen LogP contribution in [-0.4, -0.2) is 42.6 Å². The monoisotopic (exact) mass is 287 g/mol. The molecular weight excluding hydrogens is 273 g/mol. The molecule has 2 heterocycles. The van der Waals surface area contributed by atoms with Crippen molar-refractivity contribution in [2.45, 2.75) is 6.42 Å². The fourth-order valence-electron chi connectivity index (χ4n) is 1.88. The molecule has 0 unspecified atom stereocenters. The Bertz CT molecular complexity index is 333. The zero-order valence-corrected chi connectivity index (χ0v) is 10.6. The minimum atomic E-state index is -0.218. The van der Waals surface area contributed by atoms with Gasteiger partial charge in [-0.1, -0.05) is 0 Å². The van der Waals surface area contributed by atoms with E-state index in [4.69, 9.17) is 0 Å². The van der Waals surface area contributed by atoms with Crippen molar-refractivity contribution in [1.82, 2.24) is 15.2 Å². The van der Waals surface area contributed by atoms with Crippen LogP contribution in [0, 0.1) is 5.82 Å². The maximum atomic E-state index is 13.5. The Hall–Kier alpha value is -0.520. The first-order valence-corrected chi connectivity index (χ1v) is 6.27. The number of nitrogens with one attached hydrogen (secondary N) is 1. The van der Waals surface area contributed by atoms with E-state index in [0.717, 1.165) is 49.2 Å². The second-order valence-electron chi connectivity index (χ2n) is 3.92. The van der Waals surface area contributed by atoms with E-state index in [2.05, 4.69) is 31.1 Å². The van der Waals surface area contributed by atoms with E-state index >= 15 is 0 Å².